The molecule has 0 radical (unpaired) electrons. The second-order valence-electron chi connectivity index (χ2n) is 4.59. The predicted octanol–water partition coefficient (Wildman–Crippen LogP) is 2.54. The SMILES string of the molecule is Cc1cc(I)ccc1NC(=O)C1CCNC1C. The van der Waals surface area contributed by atoms with Crippen LogP contribution in [-0.4, -0.2) is 18.5 Å². The van der Waals surface area contributed by atoms with Gasteiger partial charge in [0.15, 0.2) is 0 Å². The number of anilines is 1. The van der Waals surface area contributed by atoms with Crippen molar-refractivity contribution < 1.29 is 4.79 Å². The first-order valence-corrected chi connectivity index (χ1v) is 6.96. The Kier molecular flexibility index (Phi) is 4.04. The van der Waals surface area contributed by atoms with Crippen molar-refractivity contribution in [2.75, 3.05) is 11.9 Å². The minimum atomic E-state index is 0.0914. The molecule has 4 heteroatoms. The Hall–Kier alpha value is -0.620. The molecule has 1 aromatic rings. The lowest BCUT2D eigenvalue weighted by molar-refractivity contribution is -0.120. The summed E-state index contributed by atoms with van der Waals surface area (Å²) in [5.74, 6) is 0.223. The molecule has 0 aliphatic carbocycles. The molecule has 1 amide bonds. The fourth-order valence-corrected chi connectivity index (χ4v) is 2.86. The van der Waals surface area contributed by atoms with Crippen molar-refractivity contribution in [1.82, 2.24) is 5.32 Å². The van der Waals surface area contributed by atoms with Crippen molar-refractivity contribution in [2.24, 2.45) is 5.92 Å². The van der Waals surface area contributed by atoms with E-state index in [1.54, 1.807) is 0 Å². The van der Waals surface area contributed by atoms with E-state index in [4.69, 9.17) is 0 Å². The van der Waals surface area contributed by atoms with Gasteiger partial charge in [0.2, 0.25) is 5.91 Å². The number of hydrogen-bond acceptors (Lipinski definition) is 2. The van der Waals surface area contributed by atoms with Crippen molar-refractivity contribution in [3.8, 4) is 0 Å². The quantitative estimate of drug-likeness (QED) is 0.810. The summed E-state index contributed by atoms with van der Waals surface area (Å²) in [6, 6.07) is 6.34. The Bertz CT molecular complexity index is 433. The molecule has 2 atom stereocenters. The van der Waals surface area contributed by atoms with E-state index in [0.29, 0.717) is 0 Å². The maximum Gasteiger partial charge on any atom is 0.229 e. The van der Waals surface area contributed by atoms with Crippen molar-refractivity contribution in [2.45, 2.75) is 26.3 Å². The van der Waals surface area contributed by atoms with E-state index < -0.39 is 0 Å². The molecule has 1 aliphatic rings. The van der Waals surface area contributed by atoms with Crippen molar-refractivity contribution in [1.29, 1.82) is 0 Å². The van der Waals surface area contributed by atoms with E-state index in [9.17, 15) is 4.79 Å². The maximum atomic E-state index is 12.1. The van der Waals surface area contributed by atoms with Crippen molar-refractivity contribution >= 4 is 34.2 Å². The van der Waals surface area contributed by atoms with E-state index in [1.165, 1.54) is 3.57 Å². The normalized spacial score (nSPS) is 23.7. The third-order valence-electron chi connectivity index (χ3n) is 3.31. The van der Waals surface area contributed by atoms with Crippen LogP contribution in [0.4, 0.5) is 5.69 Å². The molecule has 1 fully saturated rings. The molecule has 0 spiro atoms. The molecule has 1 aliphatic heterocycles. The van der Waals surface area contributed by atoms with Crippen LogP contribution in [0.5, 0.6) is 0 Å². The molecule has 0 aromatic heterocycles. The van der Waals surface area contributed by atoms with Crippen LogP contribution in [0.1, 0.15) is 18.9 Å². The topological polar surface area (TPSA) is 41.1 Å². The Labute approximate surface area is 116 Å². The first-order chi connectivity index (χ1) is 8.08. The fraction of sp³-hybridized carbons (Fsp3) is 0.462. The van der Waals surface area contributed by atoms with E-state index in [-0.39, 0.29) is 17.9 Å². The molecular weight excluding hydrogens is 327 g/mol. The molecule has 2 rings (SSSR count). The fourth-order valence-electron chi connectivity index (χ4n) is 2.21. The largest absolute Gasteiger partial charge is 0.326 e. The summed E-state index contributed by atoms with van der Waals surface area (Å²) in [5.41, 5.74) is 2.04. The van der Waals surface area contributed by atoms with Gasteiger partial charge in [-0.2, -0.15) is 0 Å². The van der Waals surface area contributed by atoms with Crippen LogP contribution in [0.15, 0.2) is 18.2 Å². The van der Waals surface area contributed by atoms with Gasteiger partial charge < -0.3 is 10.6 Å². The minimum absolute atomic E-state index is 0.0914. The van der Waals surface area contributed by atoms with Crippen LogP contribution in [-0.2, 0) is 4.79 Å². The number of rotatable bonds is 2. The Balaban J connectivity index is 2.07. The molecule has 1 heterocycles. The molecule has 92 valence electrons. The molecule has 0 saturated carbocycles. The van der Waals surface area contributed by atoms with Gasteiger partial charge in [-0.3, -0.25) is 4.79 Å². The van der Waals surface area contributed by atoms with Crippen LogP contribution in [0.2, 0.25) is 0 Å². The number of carbonyl (C=O) groups is 1. The average Bonchev–Trinajstić information content (AvgIpc) is 2.68. The zero-order chi connectivity index (χ0) is 12.4. The lowest BCUT2D eigenvalue weighted by atomic mass is 10.0. The summed E-state index contributed by atoms with van der Waals surface area (Å²) in [6.07, 6.45) is 0.927. The number of benzene rings is 1. The highest BCUT2D eigenvalue weighted by atomic mass is 127. The molecule has 3 nitrogen and oxygen atoms in total. The molecule has 17 heavy (non-hydrogen) atoms. The van der Waals surface area contributed by atoms with Crippen LogP contribution >= 0.6 is 22.6 Å². The lowest BCUT2D eigenvalue weighted by Gasteiger charge is -2.16. The van der Waals surface area contributed by atoms with Gasteiger partial charge in [0, 0.05) is 15.3 Å². The summed E-state index contributed by atoms with van der Waals surface area (Å²) in [6.45, 7) is 5.02. The lowest BCUT2D eigenvalue weighted by Crippen LogP contribution is -2.32. The van der Waals surface area contributed by atoms with E-state index in [2.05, 4.69) is 46.2 Å². The van der Waals surface area contributed by atoms with Gasteiger partial charge in [0.05, 0.1) is 5.92 Å². The molecule has 0 bridgehead atoms. The summed E-state index contributed by atoms with van der Waals surface area (Å²) in [4.78, 5) is 12.1. The monoisotopic (exact) mass is 344 g/mol. The molecule has 1 saturated heterocycles. The second kappa shape index (κ2) is 5.35. The summed E-state index contributed by atoms with van der Waals surface area (Å²) in [7, 11) is 0. The summed E-state index contributed by atoms with van der Waals surface area (Å²) in [5, 5.41) is 6.33. The maximum absolute atomic E-state index is 12.1. The molecule has 2 N–H and O–H groups in total. The van der Waals surface area contributed by atoms with Crippen LogP contribution in [0.3, 0.4) is 0 Å². The van der Waals surface area contributed by atoms with Gasteiger partial charge in [-0.1, -0.05) is 0 Å². The number of hydrogen-bond donors (Lipinski definition) is 2. The Morgan fingerprint density at radius 3 is 2.88 bits per heavy atom. The number of halogens is 1. The number of nitrogens with one attached hydrogen (secondary N) is 2. The zero-order valence-corrected chi connectivity index (χ0v) is 12.2. The highest BCUT2D eigenvalue weighted by Crippen LogP contribution is 2.21. The highest BCUT2D eigenvalue weighted by molar-refractivity contribution is 14.1. The Morgan fingerprint density at radius 1 is 1.53 bits per heavy atom. The molecule has 2 unspecified atom stereocenters. The van der Waals surface area contributed by atoms with Gasteiger partial charge in [-0.15, -0.1) is 0 Å². The third kappa shape index (κ3) is 2.98. The van der Waals surface area contributed by atoms with Gasteiger partial charge in [-0.05, 0) is 73.2 Å². The van der Waals surface area contributed by atoms with Gasteiger partial charge in [-0.25, -0.2) is 0 Å². The van der Waals surface area contributed by atoms with Crippen molar-refractivity contribution in [3.63, 3.8) is 0 Å². The van der Waals surface area contributed by atoms with E-state index in [0.717, 1.165) is 24.2 Å². The highest BCUT2D eigenvalue weighted by Gasteiger charge is 2.29. The second-order valence-corrected chi connectivity index (χ2v) is 5.83. The third-order valence-corrected chi connectivity index (χ3v) is 3.98. The summed E-state index contributed by atoms with van der Waals surface area (Å²) >= 11 is 2.27. The van der Waals surface area contributed by atoms with Crippen LogP contribution in [0.25, 0.3) is 0 Å². The minimum Gasteiger partial charge on any atom is -0.326 e. The first-order valence-electron chi connectivity index (χ1n) is 5.88. The Morgan fingerprint density at radius 2 is 2.29 bits per heavy atom. The molecule has 1 aromatic carbocycles. The van der Waals surface area contributed by atoms with Crippen LogP contribution < -0.4 is 10.6 Å². The average molecular weight is 344 g/mol. The molecular formula is C13H17IN2O. The summed E-state index contributed by atoms with van der Waals surface area (Å²) < 4.78 is 1.19. The predicted molar refractivity (Wildman–Crippen MR) is 78.1 cm³/mol. The van der Waals surface area contributed by atoms with Crippen molar-refractivity contribution in [3.05, 3.63) is 27.3 Å². The van der Waals surface area contributed by atoms with Gasteiger partial charge in [0.1, 0.15) is 0 Å². The van der Waals surface area contributed by atoms with E-state index in [1.807, 2.05) is 19.1 Å². The van der Waals surface area contributed by atoms with Crippen LogP contribution in [0, 0.1) is 16.4 Å². The zero-order valence-electron chi connectivity index (χ0n) is 10.1. The number of aryl methyl sites for hydroxylation is 1. The number of amides is 1. The first kappa shape index (κ1) is 12.8. The van der Waals surface area contributed by atoms with E-state index >= 15 is 0 Å². The number of carbonyl (C=O) groups excluding carboxylic acids is 1. The standard InChI is InChI=1S/C13H17IN2O/c1-8-7-10(14)3-4-12(8)16-13(17)11-5-6-15-9(11)2/h3-4,7,9,11,15H,5-6H2,1-2H3,(H,16,17). The van der Waals surface area contributed by atoms with Gasteiger partial charge in [0.25, 0.3) is 0 Å². The smallest absolute Gasteiger partial charge is 0.229 e. The van der Waals surface area contributed by atoms with Gasteiger partial charge >= 0.3 is 0 Å².